The van der Waals surface area contributed by atoms with Crippen molar-refractivity contribution in [3.63, 3.8) is 0 Å². The number of amides is 1. The molecule has 1 aliphatic heterocycles. The predicted octanol–water partition coefficient (Wildman–Crippen LogP) is 2.56. The summed E-state index contributed by atoms with van der Waals surface area (Å²) in [5, 5.41) is 7.44. The molecule has 1 unspecified atom stereocenters. The van der Waals surface area contributed by atoms with Crippen molar-refractivity contribution in [3.05, 3.63) is 58.4 Å². The summed E-state index contributed by atoms with van der Waals surface area (Å²) in [7, 11) is -3.06. The second-order valence-electron chi connectivity index (χ2n) is 7.95. The van der Waals surface area contributed by atoms with Gasteiger partial charge in [-0.3, -0.25) is 9.48 Å². The van der Waals surface area contributed by atoms with E-state index in [0.29, 0.717) is 13.0 Å². The fraction of sp³-hybridized carbons (Fsp3) is 0.429. The van der Waals surface area contributed by atoms with E-state index < -0.39 is 15.4 Å². The highest BCUT2D eigenvalue weighted by atomic mass is 32.2. The second kappa shape index (κ2) is 7.54. The van der Waals surface area contributed by atoms with Crippen LogP contribution in [0.5, 0.6) is 0 Å². The van der Waals surface area contributed by atoms with Crippen molar-refractivity contribution in [2.75, 3.05) is 11.5 Å². The number of sulfone groups is 1. The highest BCUT2D eigenvalue weighted by Crippen LogP contribution is 2.23. The van der Waals surface area contributed by atoms with Crippen molar-refractivity contribution in [2.24, 2.45) is 0 Å². The van der Waals surface area contributed by atoms with Crippen LogP contribution in [0.25, 0.3) is 6.08 Å². The van der Waals surface area contributed by atoms with Crippen LogP contribution in [0.4, 0.5) is 0 Å². The van der Waals surface area contributed by atoms with Gasteiger partial charge in [0.15, 0.2) is 9.84 Å². The van der Waals surface area contributed by atoms with Gasteiger partial charge < -0.3 is 5.32 Å². The number of aromatic nitrogens is 2. The van der Waals surface area contributed by atoms with Crippen LogP contribution < -0.4 is 5.32 Å². The molecule has 1 aliphatic rings. The maximum absolute atomic E-state index is 12.3. The number of nitrogens with zero attached hydrogens (tertiary/aromatic N) is 2. The van der Waals surface area contributed by atoms with Crippen molar-refractivity contribution in [1.29, 1.82) is 0 Å². The van der Waals surface area contributed by atoms with E-state index >= 15 is 0 Å². The molecule has 150 valence electrons. The van der Waals surface area contributed by atoms with Crippen molar-refractivity contribution in [3.8, 4) is 0 Å². The van der Waals surface area contributed by atoms with Gasteiger partial charge in [-0.1, -0.05) is 29.8 Å². The summed E-state index contributed by atoms with van der Waals surface area (Å²) in [6.07, 6.45) is 3.66. The number of benzene rings is 1. The van der Waals surface area contributed by atoms with Crippen LogP contribution in [-0.2, 0) is 21.2 Å². The molecule has 28 heavy (non-hydrogen) atoms. The lowest BCUT2D eigenvalue weighted by atomic mass is 10.0. The Morgan fingerprint density at radius 2 is 1.93 bits per heavy atom. The quantitative estimate of drug-likeness (QED) is 0.781. The van der Waals surface area contributed by atoms with Gasteiger partial charge in [0.2, 0.25) is 5.91 Å². The van der Waals surface area contributed by atoms with Crippen LogP contribution in [0.3, 0.4) is 0 Å². The number of rotatable bonds is 5. The summed E-state index contributed by atoms with van der Waals surface area (Å²) in [4.78, 5) is 12.3. The fourth-order valence-electron chi connectivity index (χ4n) is 3.58. The number of nitrogens with one attached hydrogen (secondary N) is 1. The molecule has 7 heteroatoms. The molecule has 0 bridgehead atoms. The first-order chi connectivity index (χ1) is 13.1. The van der Waals surface area contributed by atoms with E-state index in [2.05, 4.69) is 41.6 Å². The second-order valence-corrected chi connectivity index (χ2v) is 10.1. The maximum atomic E-state index is 12.3. The molecule has 6 nitrogen and oxygen atoms in total. The maximum Gasteiger partial charge on any atom is 0.244 e. The molecule has 1 aromatic carbocycles. The van der Waals surface area contributed by atoms with Gasteiger partial charge in [-0.2, -0.15) is 5.10 Å². The van der Waals surface area contributed by atoms with Crippen molar-refractivity contribution >= 4 is 21.8 Å². The Kier molecular flexibility index (Phi) is 5.48. The number of carbonyl (C=O) groups excluding carboxylic acids is 1. The van der Waals surface area contributed by atoms with E-state index in [4.69, 9.17) is 0 Å². The zero-order valence-corrected chi connectivity index (χ0v) is 17.6. The minimum atomic E-state index is -3.06. The molecular formula is C21H27N3O3S. The zero-order chi connectivity index (χ0) is 20.5. The zero-order valence-electron chi connectivity index (χ0n) is 16.8. The largest absolute Gasteiger partial charge is 0.346 e. The van der Waals surface area contributed by atoms with Gasteiger partial charge in [0.05, 0.1) is 29.3 Å². The molecule has 0 radical (unpaired) electrons. The molecule has 1 aromatic heterocycles. The molecule has 2 heterocycles. The standard InChI is InChI=1S/C21H27N3O3S/c1-15-5-7-18(8-6-15)13-24-17(3)19(16(2)23-24)9-10-20(25)22-21(4)11-12-28(26,27)14-21/h5-10H,11-14H2,1-4H3,(H,22,25). The van der Waals surface area contributed by atoms with E-state index in [1.807, 2.05) is 18.5 Å². The van der Waals surface area contributed by atoms with Crippen LogP contribution in [0.15, 0.2) is 30.3 Å². The van der Waals surface area contributed by atoms with Gasteiger partial charge in [0.1, 0.15) is 0 Å². The van der Waals surface area contributed by atoms with Gasteiger partial charge in [0, 0.05) is 17.3 Å². The summed E-state index contributed by atoms with van der Waals surface area (Å²) in [5.74, 6) is -0.173. The molecule has 1 fully saturated rings. The summed E-state index contributed by atoms with van der Waals surface area (Å²) in [6, 6.07) is 8.34. The highest BCUT2D eigenvalue weighted by Gasteiger charge is 2.39. The van der Waals surface area contributed by atoms with Crippen LogP contribution in [0.2, 0.25) is 0 Å². The lowest BCUT2D eigenvalue weighted by Gasteiger charge is -2.22. The van der Waals surface area contributed by atoms with E-state index in [9.17, 15) is 13.2 Å². The van der Waals surface area contributed by atoms with E-state index in [-0.39, 0.29) is 17.4 Å². The summed E-state index contributed by atoms with van der Waals surface area (Å²) in [5.41, 5.74) is 4.43. The van der Waals surface area contributed by atoms with Crippen molar-refractivity contribution in [1.82, 2.24) is 15.1 Å². The van der Waals surface area contributed by atoms with Crippen LogP contribution in [0, 0.1) is 20.8 Å². The average molecular weight is 402 g/mol. The first-order valence-corrected chi connectivity index (χ1v) is 11.2. The Morgan fingerprint density at radius 3 is 2.54 bits per heavy atom. The van der Waals surface area contributed by atoms with Crippen molar-refractivity contribution < 1.29 is 13.2 Å². The third-order valence-corrected chi connectivity index (χ3v) is 7.12. The van der Waals surface area contributed by atoms with Crippen LogP contribution in [-0.4, -0.2) is 41.2 Å². The molecule has 0 spiro atoms. The van der Waals surface area contributed by atoms with Gasteiger partial charge in [-0.25, -0.2) is 8.42 Å². The molecule has 0 saturated carbocycles. The van der Waals surface area contributed by atoms with Gasteiger partial charge >= 0.3 is 0 Å². The minimum Gasteiger partial charge on any atom is -0.346 e. The first-order valence-electron chi connectivity index (χ1n) is 9.37. The number of aryl methyl sites for hydroxylation is 2. The van der Waals surface area contributed by atoms with Gasteiger partial charge in [0.25, 0.3) is 0 Å². The first kappa shape index (κ1) is 20.3. The number of hydrogen-bond acceptors (Lipinski definition) is 4. The average Bonchev–Trinajstić information content (AvgIpc) is 3.03. The normalized spacial score (nSPS) is 21.3. The molecule has 1 saturated heterocycles. The Balaban J connectivity index is 1.71. The van der Waals surface area contributed by atoms with Crippen molar-refractivity contribution in [2.45, 2.75) is 46.2 Å². The molecule has 0 aliphatic carbocycles. The molecule has 1 amide bonds. The number of hydrogen-bond donors (Lipinski definition) is 1. The summed E-state index contributed by atoms with van der Waals surface area (Å²) in [6.45, 7) is 8.41. The lowest BCUT2D eigenvalue weighted by molar-refractivity contribution is -0.117. The van der Waals surface area contributed by atoms with E-state index in [1.54, 1.807) is 13.0 Å². The Bertz CT molecular complexity index is 1020. The molecule has 2 aromatic rings. The topological polar surface area (TPSA) is 81.1 Å². The monoisotopic (exact) mass is 401 g/mol. The third kappa shape index (κ3) is 4.70. The molecular weight excluding hydrogens is 374 g/mol. The Morgan fingerprint density at radius 1 is 1.25 bits per heavy atom. The summed E-state index contributed by atoms with van der Waals surface area (Å²) < 4.78 is 25.3. The Hall–Kier alpha value is -2.41. The SMILES string of the molecule is Cc1ccc(Cn2nc(C)c(C=CC(=O)NC3(C)CCS(=O)(=O)C3)c2C)cc1. The number of carbonyl (C=O) groups is 1. The molecule has 3 rings (SSSR count). The van der Waals surface area contributed by atoms with E-state index in [0.717, 1.165) is 17.0 Å². The predicted molar refractivity (Wildman–Crippen MR) is 111 cm³/mol. The lowest BCUT2D eigenvalue weighted by Crippen LogP contribution is -2.46. The van der Waals surface area contributed by atoms with Crippen LogP contribution in [0.1, 0.15) is 41.4 Å². The van der Waals surface area contributed by atoms with E-state index in [1.165, 1.54) is 17.2 Å². The fourth-order valence-corrected chi connectivity index (χ4v) is 5.67. The third-order valence-electron chi connectivity index (χ3n) is 5.22. The molecule has 1 N–H and O–H groups in total. The minimum absolute atomic E-state index is 0.00782. The van der Waals surface area contributed by atoms with Gasteiger partial charge in [-0.15, -0.1) is 0 Å². The van der Waals surface area contributed by atoms with Gasteiger partial charge in [-0.05, 0) is 45.8 Å². The Labute approximate surface area is 166 Å². The highest BCUT2D eigenvalue weighted by molar-refractivity contribution is 7.91. The molecule has 1 atom stereocenters. The summed E-state index contributed by atoms with van der Waals surface area (Å²) >= 11 is 0. The smallest absolute Gasteiger partial charge is 0.244 e. The van der Waals surface area contributed by atoms with Crippen LogP contribution >= 0.6 is 0 Å².